The van der Waals surface area contributed by atoms with Crippen LogP contribution in [0.1, 0.15) is 25.3 Å². The molecule has 102 valence electrons. The first-order valence-electron chi connectivity index (χ1n) is 6.74. The van der Waals surface area contributed by atoms with Gasteiger partial charge in [-0.05, 0) is 37.3 Å². The second-order valence-electron chi connectivity index (χ2n) is 5.24. The molecule has 1 aliphatic rings. The van der Waals surface area contributed by atoms with Gasteiger partial charge in [-0.1, -0.05) is 25.1 Å². The molecule has 1 N–H and O–H groups in total. The highest BCUT2D eigenvalue weighted by molar-refractivity contribution is 6.39. The van der Waals surface area contributed by atoms with Crippen molar-refractivity contribution < 1.29 is 9.59 Å². The van der Waals surface area contributed by atoms with E-state index in [2.05, 4.69) is 12.2 Å². The summed E-state index contributed by atoms with van der Waals surface area (Å²) >= 11 is 0. The van der Waals surface area contributed by atoms with Crippen molar-refractivity contribution in [2.45, 2.75) is 26.7 Å². The quantitative estimate of drug-likeness (QED) is 0.787. The zero-order valence-corrected chi connectivity index (χ0v) is 11.5. The second kappa shape index (κ2) is 5.87. The molecule has 1 fully saturated rings. The van der Waals surface area contributed by atoms with Crippen molar-refractivity contribution in [3.05, 3.63) is 29.8 Å². The van der Waals surface area contributed by atoms with Crippen molar-refractivity contribution in [3.8, 4) is 0 Å². The Bertz CT molecular complexity index is 477. The van der Waals surface area contributed by atoms with E-state index in [-0.39, 0.29) is 0 Å². The molecule has 0 saturated carbocycles. The van der Waals surface area contributed by atoms with Crippen molar-refractivity contribution in [2.24, 2.45) is 5.92 Å². The number of nitrogens with zero attached hydrogens (tertiary/aromatic N) is 1. The summed E-state index contributed by atoms with van der Waals surface area (Å²) in [5.41, 5.74) is 1.65. The molecule has 0 bridgehead atoms. The number of carbonyl (C=O) groups excluding carboxylic acids is 2. The van der Waals surface area contributed by atoms with E-state index in [1.54, 1.807) is 11.0 Å². The Morgan fingerprint density at radius 2 is 1.84 bits per heavy atom. The van der Waals surface area contributed by atoms with Crippen molar-refractivity contribution in [1.82, 2.24) is 4.90 Å². The van der Waals surface area contributed by atoms with E-state index in [1.165, 1.54) is 0 Å². The summed E-state index contributed by atoms with van der Waals surface area (Å²) in [4.78, 5) is 25.6. The highest BCUT2D eigenvalue weighted by atomic mass is 16.2. The predicted molar refractivity (Wildman–Crippen MR) is 74.8 cm³/mol. The molecule has 4 heteroatoms. The maximum atomic E-state index is 12.0. The van der Waals surface area contributed by atoms with Crippen molar-refractivity contribution in [2.75, 3.05) is 18.4 Å². The molecule has 0 atom stereocenters. The van der Waals surface area contributed by atoms with Crippen LogP contribution in [0, 0.1) is 12.8 Å². The summed E-state index contributed by atoms with van der Waals surface area (Å²) < 4.78 is 0. The van der Waals surface area contributed by atoms with Crippen LogP contribution in [-0.2, 0) is 9.59 Å². The fourth-order valence-electron chi connectivity index (χ4n) is 2.24. The van der Waals surface area contributed by atoms with Gasteiger partial charge in [0.2, 0.25) is 0 Å². The van der Waals surface area contributed by atoms with Gasteiger partial charge in [-0.2, -0.15) is 0 Å². The summed E-state index contributed by atoms with van der Waals surface area (Å²) in [6.07, 6.45) is 1.95. The number of benzene rings is 1. The van der Waals surface area contributed by atoms with E-state index >= 15 is 0 Å². The number of anilines is 1. The number of piperidine rings is 1. The van der Waals surface area contributed by atoms with E-state index in [4.69, 9.17) is 0 Å². The van der Waals surface area contributed by atoms with Gasteiger partial charge in [0, 0.05) is 18.8 Å². The lowest BCUT2D eigenvalue weighted by Crippen LogP contribution is -2.43. The summed E-state index contributed by atoms with van der Waals surface area (Å²) in [6.45, 7) is 5.44. The van der Waals surface area contributed by atoms with Crippen LogP contribution in [0.3, 0.4) is 0 Å². The Balaban J connectivity index is 1.96. The molecule has 0 spiro atoms. The Morgan fingerprint density at radius 1 is 1.21 bits per heavy atom. The number of rotatable bonds is 1. The van der Waals surface area contributed by atoms with Crippen LogP contribution < -0.4 is 5.32 Å². The van der Waals surface area contributed by atoms with Gasteiger partial charge < -0.3 is 10.2 Å². The Labute approximate surface area is 113 Å². The average Bonchev–Trinajstić information content (AvgIpc) is 2.41. The number of para-hydroxylation sites is 1. The molecule has 1 aliphatic heterocycles. The molecule has 2 rings (SSSR count). The molecular weight excluding hydrogens is 240 g/mol. The molecule has 0 unspecified atom stereocenters. The lowest BCUT2D eigenvalue weighted by molar-refractivity contribution is -0.144. The van der Waals surface area contributed by atoms with Crippen LogP contribution in [0.4, 0.5) is 5.69 Å². The van der Waals surface area contributed by atoms with Gasteiger partial charge in [-0.15, -0.1) is 0 Å². The van der Waals surface area contributed by atoms with Crippen molar-refractivity contribution in [3.63, 3.8) is 0 Å². The van der Waals surface area contributed by atoms with Crippen LogP contribution in [0.5, 0.6) is 0 Å². The number of nitrogens with one attached hydrogen (secondary N) is 1. The molecule has 1 aromatic carbocycles. The Kier molecular flexibility index (Phi) is 4.20. The molecule has 1 aromatic rings. The first-order valence-corrected chi connectivity index (χ1v) is 6.74. The number of carbonyl (C=O) groups is 2. The third-order valence-electron chi connectivity index (χ3n) is 3.66. The summed E-state index contributed by atoms with van der Waals surface area (Å²) in [5.74, 6) is -0.317. The van der Waals surface area contributed by atoms with Crippen molar-refractivity contribution in [1.29, 1.82) is 0 Å². The fourth-order valence-corrected chi connectivity index (χ4v) is 2.24. The zero-order chi connectivity index (χ0) is 13.8. The van der Waals surface area contributed by atoms with E-state index in [1.807, 2.05) is 25.1 Å². The van der Waals surface area contributed by atoms with Crippen LogP contribution in [0.15, 0.2) is 24.3 Å². The molecule has 4 nitrogen and oxygen atoms in total. The maximum Gasteiger partial charge on any atom is 0.313 e. The van der Waals surface area contributed by atoms with Crippen LogP contribution >= 0.6 is 0 Å². The molecule has 0 radical (unpaired) electrons. The molecule has 19 heavy (non-hydrogen) atoms. The third-order valence-corrected chi connectivity index (χ3v) is 3.66. The van der Waals surface area contributed by atoms with Gasteiger partial charge in [0.05, 0.1) is 0 Å². The fraction of sp³-hybridized carbons (Fsp3) is 0.467. The minimum atomic E-state index is -0.538. The number of hydrogen-bond donors (Lipinski definition) is 1. The van der Waals surface area contributed by atoms with Gasteiger partial charge in [-0.25, -0.2) is 0 Å². The molecule has 2 amide bonds. The first kappa shape index (κ1) is 13.6. The number of hydrogen-bond acceptors (Lipinski definition) is 2. The lowest BCUT2D eigenvalue weighted by Gasteiger charge is -2.29. The topological polar surface area (TPSA) is 49.4 Å². The highest BCUT2D eigenvalue weighted by Crippen LogP contribution is 2.17. The number of likely N-dealkylation sites (tertiary alicyclic amines) is 1. The smallest absolute Gasteiger partial charge is 0.313 e. The largest absolute Gasteiger partial charge is 0.334 e. The maximum absolute atomic E-state index is 12.0. The van der Waals surface area contributed by atoms with E-state index < -0.39 is 11.8 Å². The van der Waals surface area contributed by atoms with Gasteiger partial charge >= 0.3 is 11.8 Å². The number of amides is 2. The minimum absolute atomic E-state index is 0.421. The monoisotopic (exact) mass is 260 g/mol. The van der Waals surface area contributed by atoms with Gasteiger partial charge in [0.15, 0.2) is 0 Å². The van der Waals surface area contributed by atoms with Crippen LogP contribution in [0.25, 0.3) is 0 Å². The normalized spacial score (nSPS) is 16.2. The SMILES string of the molecule is Cc1ccccc1NC(=O)C(=O)N1CCC(C)CC1. The van der Waals surface area contributed by atoms with E-state index in [0.717, 1.165) is 18.4 Å². The van der Waals surface area contributed by atoms with Gasteiger partial charge in [0.25, 0.3) is 0 Å². The number of aryl methyl sites for hydroxylation is 1. The Hall–Kier alpha value is -1.84. The molecule has 0 aromatic heterocycles. The highest BCUT2D eigenvalue weighted by Gasteiger charge is 2.25. The predicted octanol–water partition coefficient (Wildman–Crippen LogP) is 2.19. The standard InChI is InChI=1S/C15H20N2O2/c1-11-7-9-17(10-8-11)15(19)14(18)16-13-6-4-3-5-12(13)2/h3-6,11H,7-10H2,1-2H3,(H,16,18). The van der Waals surface area contributed by atoms with Crippen LogP contribution in [-0.4, -0.2) is 29.8 Å². The van der Waals surface area contributed by atoms with Gasteiger partial charge in [0.1, 0.15) is 0 Å². The second-order valence-corrected chi connectivity index (χ2v) is 5.24. The third kappa shape index (κ3) is 3.34. The first-order chi connectivity index (χ1) is 9.08. The van der Waals surface area contributed by atoms with Crippen molar-refractivity contribution >= 4 is 17.5 Å². The average molecular weight is 260 g/mol. The zero-order valence-electron chi connectivity index (χ0n) is 11.5. The Morgan fingerprint density at radius 3 is 2.47 bits per heavy atom. The summed E-state index contributed by atoms with van der Waals surface area (Å²) in [5, 5.41) is 2.69. The van der Waals surface area contributed by atoms with Gasteiger partial charge in [-0.3, -0.25) is 9.59 Å². The van der Waals surface area contributed by atoms with Crippen LogP contribution in [0.2, 0.25) is 0 Å². The van der Waals surface area contributed by atoms with E-state index in [9.17, 15) is 9.59 Å². The summed E-state index contributed by atoms with van der Waals surface area (Å²) in [7, 11) is 0. The molecule has 0 aliphatic carbocycles. The molecule has 1 heterocycles. The minimum Gasteiger partial charge on any atom is -0.334 e. The molecular formula is C15H20N2O2. The lowest BCUT2D eigenvalue weighted by atomic mass is 9.99. The molecule has 1 saturated heterocycles. The summed E-state index contributed by atoms with van der Waals surface area (Å²) in [6, 6.07) is 7.45. The van der Waals surface area contributed by atoms with E-state index in [0.29, 0.717) is 24.7 Å².